The second kappa shape index (κ2) is 11.6. The number of aliphatic hydroxyl groups excluding tert-OH is 3. The van der Waals surface area contributed by atoms with Crippen molar-refractivity contribution in [3.63, 3.8) is 0 Å². The van der Waals surface area contributed by atoms with Gasteiger partial charge in [0.25, 0.3) is 0 Å². The molecule has 0 bridgehead atoms. The van der Waals surface area contributed by atoms with E-state index in [0.29, 0.717) is 0 Å². The van der Waals surface area contributed by atoms with E-state index in [1.807, 2.05) is 0 Å². The van der Waals surface area contributed by atoms with Crippen LogP contribution in [0.4, 0.5) is 0 Å². The van der Waals surface area contributed by atoms with Crippen LogP contribution in [0.3, 0.4) is 0 Å². The van der Waals surface area contributed by atoms with Crippen LogP contribution in [-0.4, -0.2) is 53.4 Å². The van der Waals surface area contributed by atoms with Gasteiger partial charge in [-0.25, -0.2) is 9.00 Å². The Labute approximate surface area is 149 Å². The van der Waals surface area contributed by atoms with Crippen molar-refractivity contribution in [1.82, 2.24) is 0 Å². The minimum atomic E-state index is -2.86. The monoisotopic (exact) mass is 302 g/mol. The molecule has 0 spiro atoms. The molecule has 0 saturated heterocycles. The fraction of sp³-hybridized carbons (Fsp3) is 0.500. The number of hydrogen-bond acceptors (Lipinski definition) is 8. The average molecular weight is 302 g/mol. The van der Waals surface area contributed by atoms with Crippen molar-refractivity contribution in [2.24, 2.45) is 0 Å². The Balaban J connectivity index is -0.000000332. The molecular formula is C6H8Na2O9S. The number of cyclic esters (lactones) is 1. The number of ether oxygens (including phenoxy) is 1. The van der Waals surface area contributed by atoms with Crippen LogP contribution in [0.25, 0.3) is 0 Å². The molecule has 0 amide bonds. The molecule has 1 aliphatic heterocycles. The summed E-state index contributed by atoms with van der Waals surface area (Å²) in [6, 6.07) is 0. The Bertz CT molecular complexity index is 316. The van der Waals surface area contributed by atoms with Crippen molar-refractivity contribution in [2.75, 3.05) is 6.61 Å². The molecule has 0 radical (unpaired) electrons. The average Bonchev–Trinajstić information content (AvgIpc) is 2.44. The van der Waals surface area contributed by atoms with Gasteiger partial charge in [0, 0.05) is 5.76 Å². The Hall–Kier alpha value is 0.800. The SMILES string of the molecule is O=C1O[C@H]([C@@H](O)CO)C(O)=C1[O-].O=S([O-])O.[Na+].[Na+]. The third kappa shape index (κ3) is 8.07. The van der Waals surface area contributed by atoms with Crippen LogP contribution in [0.15, 0.2) is 11.5 Å². The van der Waals surface area contributed by atoms with E-state index in [4.69, 9.17) is 28.6 Å². The van der Waals surface area contributed by atoms with Crippen LogP contribution in [0.2, 0.25) is 0 Å². The molecule has 94 valence electrons. The number of carbonyl (C=O) groups is 1. The van der Waals surface area contributed by atoms with E-state index in [1.165, 1.54) is 0 Å². The van der Waals surface area contributed by atoms with E-state index >= 15 is 0 Å². The van der Waals surface area contributed by atoms with E-state index < -0.39 is 47.7 Å². The standard InChI is InChI=1S/C6H8O6.2Na.H2O3S/c7-1-2(8)5-3(9)4(10)6(11)12-5;;;1-4(2)3/h2,5,7-10H,1H2;;;(H2,1,2,3)/q;2*+1;/p-2/t2-,5+;;;/m0.../s1. The Morgan fingerprint density at radius 2 is 1.83 bits per heavy atom. The van der Waals surface area contributed by atoms with Gasteiger partial charge in [-0.15, -0.1) is 0 Å². The molecule has 0 fully saturated rings. The molecule has 0 aromatic heterocycles. The van der Waals surface area contributed by atoms with Gasteiger partial charge in [0.1, 0.15) is 11.9 Å². The quantitative estimate of drug-likeness (QED) is 0.219. The fourth-order valence-electron chi connectivity index (χ4n) is 0.815. The maximum Gasteiger partial charge on any atom is 1.00 e. The van der Waals surface area contributed by atoms with Gasteiger partial charge in [0.05, 0.1) is 18.0 Å². The molecule has 0 aromatic rings. The summed E-state index contributed by atoms with van der Waals surface area (Å²) in [5.74, 6) is -3.25. The normalized spacial score (nSPS) is 20.7. The molecule has 1 rings (SSSR count). The molecule has 18 heavy (non-hydrogen) atoms. The molecule has 0 aromatic carbocycles. The largest absolute Gasteiger partial charge is 1.00 e. The van der Waals surface area contributed by atoms with E-state index in [9.17, 15) is 9.90 Å². The van der Waals surface area contributed by atoms with E-state index in [2.05, 4.69) is 4.74 Å². The zero-order valence-electron chi connectivity index (χ0n) is 9.60. The summed E-state index contributed by atoms with van der Waals surface area (Å²) in [5.41, 5.74) is 0. The molecule has 1 heterocycles. The molecule has 0 saturated carbocycles. The molecule has 4 N–H and O–H groups in total. The van der Waals surface area contributed by atoms with Crippen molar-refractivity contribution >= 4 is 17.3 Å². The van der Waals surface area contributed by atoms with Gasteiger partial charge in [0.15, 0.2) is 6.10 Å². The van der Waals surface area contributed by atoms with Gasteiger partial charge in [-0.2, -0.15) is 0 Å². The van der Waals surface area contributed by atoms with Gasteiger partial charge >= 0.3 is 65.1 Å². The van der Waals surface area contributed by atoms with Crippen LogP contribution in [-0.2, 0) is 20.9 Å². The molecule has 1 aliphatic rings. The summed E-state index contributed by atoms with van der Waals surface area (Å²) in [4.78, 5) is 10.5. The number of aliphatic hydroxyl groups is 3. The van der Waals surface area contributed by atoms with Crippen LogP contribution >= 0.6 is 0 Å². The van der Waals surface area contributed by atoms with Crippen molar-refractivity contribution < 1.29 is 102 Å². The first-order valence-electron chi connectivity index (χ1n) is 3.69. The van der Waals surface area contributed by atoms with Crippen LogP contribution in [0.1, 0.15) is 0 Å². The van der Waals surface area contributed by atoms with Crippen LogP contribution < -0.4 is 64.2 Å². The number of hydrogen-bond donors (Lipinski definition) is 4. The summed E-state index contributed by atoms with van der Waals surface area (Å²) < 4.78 is 28.3. The van der Waals surface area contributed by atoms with Crippen molar-refractivity contribution in [1.29, 1.82) is 0 Å². The van der Waals surface area contributed by atoms with Crippen molar-refractivity contribution in [3.05, 3.63) is 11.5 Å². The Kier molecular flexibility index (Phi) is 15.4. The Morgan fingerprint density at radius 1 is 1.44 bits per heavy atom. The van der Waals surface area contributed by atoms with Gasteiger partial charge in [-0.1, -0.05) is 0 Å². The molecule has 9 nitrogen and oxygen atoms in total. The second-order valence-corrected chi connectivity index (χ2v) is 2.94. The van der Waals surface area contributed by atoms with Crippen molar-refractivity contribution in [2.45, 2.75) is 12.2 Å². The number of carbonyl (C=O) groups excluding carboxylic acids is 1. The van der Waals surface area contributed by atoms with E-state index in [-0.39, 0.29) is 59.1 Å². The first-order chi connectivity index (χ1) is 7.31. The van der Waals surface area contributed by atoms with Gasteiger partial charge < -0.3 is 34.3 Å². The minimum absolute atomic E-state index is 0. The Morgan fingerprint density at radius 3 is 2.06 bits per heavy atom. The molecule has 3 atom stereocenters. The number of rotatable bonds is 2. The van der Waals surface area contributed by atoms with Gasteiger partial charge in [-0.3, -0.25) is 0 Å². The van der Waals surface area contributed by atoms with E-state index in [1.54, 1.807) is 0 Å². The van der Waals surface area contributed by atoms with Crippen LogP contribution in [0.5, 0.6) is 0 Å². The maximum absolute atomic E-state index is 10.6. The first-order valence-corrected chi connectivity index (χ1v) is 4.72. The predicted octanol–water partition coefficient (Wildman–Crippen LogP) is -9.26. The third-order valence-corrected chi connectivity index (χ3v) is 1.46. The summed E-state index contributed by atoms with van der Waals surface area (Å²) >= 11 is -2.86. The number of esters is 1. The van der Waals surface area contributed by atoms with E-state index in [0.717, 1.165) is 0 Å². The third-order valence-electron chi connectivity index (χ3n) is 1.46. The minimum Gasteiger partial charge on any atom is -0.865 e. The predicted molar refractivity (Wildman–Crippen MR) is 44.2 cm³/mol. The molecule has 1 unspecified atom stereocenters. The molecule has 12 heteroatoms. The second-order valence-electron chi connectivity index (χ2n) is 2.51. The van der Waals surface area contributed by atoms with Gasteiger partial charge in [0.2, 0.25) is 0 Å². The van der Waals surface area contributed by atoms with Crippen LogP contribution in [0, 0.1) is 0 Å². The summed E-state index contributed by atoms with van der Waals surface area (Å²) in [5, 5.41) is 36.8. The fourth-order valence-corrected chi connectivity index (χ4v) is 0.815. The summed E-state index contributed by atoms with van der Waals surface area (Å²) in [7, 11) is 0. The van der Waals surface area contributed by atoms with Gasteiger partial charge in [-0.05, 0) is 0 Å². The smallest absolute Gasteiger partial charge is 0.865 e. The zero-order chi connectivity index (χ0) is 12.9. The first kappa shape index (κ1) is 23.9. The topological polar surface area (TPSA) is 170 Å². The van der Waals surface area contributed by atoms with Crippen molar-refractivity contribution in [3.8, 4) is 0 Å². The summed E-state index contributed by atoms with van der Waals surface area (Å²) in [6.07, 6.45) is -2.88. The molecule has 0 aliphatic carbocycles. The summed E-state index contributed by atoms with van der Waals surface area (Å²) in [6.45, 7) is -0.699. The zero-order valence-corrected chi connectivity index (χ0v) is 14.4. The maximum atomic E-state index is 10.6. The molecular weight excluding hydrogens is 294 g/mol.